The van der Waals surface area contributed by atoms with Gasteiger partial charge in [-0.15, -0.1) is 0 Å². The Labute approximate surface area is 186 Å². The van der Waals surface area contributed by atoms with Gasteiger partial charge in [-0.25, -0.2) is 4.68 Å². The molecule has 1 aromatic heterocycles. The summed E-state index contributed by atoms with van der Waals surface area (Å²) in [6, 6.07) is 24.6. The number of anilines is 1. The molecule has 0 aliphatic rings. The molecule has 0 aliphatic heterocycles. The maximum Gasteiger partial charge on any atom is 0.266 e. The number of fused-ring (bicyclic) bond motifs is 1. The van der Waals surface area contributed by atoms with Crippen molar-refractivity contribution in [3.8, 4) is 17.0 Å². The van der Waals surface area contributed by atoms with E-state index in [4.69, 9.17) is 4.74 Å². The Morgan fingerprint density at radius 1 is 0.969 bits per heavy atom. The van der Waals surface area contributed by atoms with E-state index in [1.165, 1.54) is 10.7 Å². The van der Waals surface area contributed by atoms with Gasteiger partial charge in [0.25, 0.3) is 5.56 Å². The Bertz CT molecular complexity index is 1270. The Morgan fingerprint density at radius 3 is 2.56 bits per heavy atom. The van der Waals surface area contributed by atoms with Crippen molar-refractivity contribution in [1.82, 2.24) is 9.78 Å². The molecule has 1 heterocycles. The molecule has 1 amide bonds. The number of carbonyl (C=O) groups is 1. The fraction of sp³-hybridized carbons (Fsp3) is 0.192. The summed E-state index contributed by atoms with van der Waals surface area (Å²) in [6.07, 6.45) is 0.806. The highest BCUT2D eigenvalue weighted by Gasteiger charge is 2.08. The van der Waals surface area contributed by atoms with Crippen LogP contribution in [-0.4, -0.2) is 22.3 Å². The van der Waals surface area contributed by atoms with Gasteiger partial charge in [0.1, 0.15) is 5.75 Å². The minimum Gasteiger partial charge on any atom is -0.494 e. The molecule has 0 radical (unpaired) electrons. The molecule has 0 atom stereocenters. The highest BCUT2D eigenvalue weighted by atomic mass is 16.5. The van der Waals surface area contributed by atoms with Crippen LogP contribution in [0.2, 0.25) is 0 Å². The summed E-state index contributed by atoms with van der Waals surface area (Å²) in [5, 5.41) is 9.53. The monoisotopic (exact) mass is 427 g/mol. The largest absolute Gasteiger partial charge is 0.494 e. The van der Waals surface area contributed by atoms with Crippen LogP contribution >= 0.6 is 0 Å². The van der Waals surface area contributed by atoms with Crippen LogP contribution in [0.25, 0.3) is 22.0 Å². The standard InChI is InChI=1S/C26H25N3O3/c1-2-32-21-14-12-20(13-15-21)23-16-17-26(31)29(28-23)18-6-11-25(30)27-24-10-5-8-19-7-3-4-9-22(19)24/h3-5,7-10,12-17H,2,6,11,18H2,1H3,(H,27,30). The number of nitrogens with zero attached hydrogens (tertiary/aromatic N) is 2. The second kappa shape index (κ2) is 9.92. The fourth-order valence-electron chi connectivity index (χ4n) is 3.59. The number of amides is 1. The van der Waals surface area contributed by atoms with Crippen LogP contribution in [-0.2, 0) is 11.3 Å². The third-order valence-corrected chi connectivity index (χ3v) is 5.17. The SMILES string of the molecule is CCOc1ccc(-c2ccc(=O)n(CCCC(=O)Nc3cccc4ccccc34)n2)cc1. The summed E-state index contributed by atoms with van der Waals surface area (Å²) in [7, 11) is 0. The van der Waals surface area contributed by atoms with E-state index in [9.17, 15) is 9.59 Å². The van der Waals surface area contributed by atoms with E-state index >= 15 is 0 Å². The number of hydrogen-bond donors (Lipinski definition) is 1. The van der Waals surface area contributed by atoms with Crippen molar-refractivity contribution in [3.05, 3.63) is 89.2 Å². The third-order valence-electron chi connectivity index (χ3n) is 5.17. The van der Waals surface area contributed by atoms with Gasteiger partial charge in [0.05, 0.1) is 12.3 Å². The van der Waals surface area contributed by atoms with Gasteiger partial charge in [-0.3, -0.25) is 9.59 Å². The lowest BCUT2D eigenvalue weighted by molar-refractivity contribution is -0.116. The zero-order valence-electron chi connectivity index (χ0n) is 18.0. The second-order valence-corrected chi connectivity index (χ2v) is 7.42. The maximum absolute atomic E-state index is 12.5. The number of aromatic nitrogens is 2. The van der Waals surface area contributed by atoms with E-state index in [2.05, 4.69) is 10.4 Å². The molecule has 0 fully saturated rings. The first-order chi connectivity index (χ1) is 15.6. The summed E-state index contributed by atoms with van der Waals surface area (Å²) < 4.78 is 6.88. The minimum absolute atomic E-state index is 0.0860. The molecule has 0 bridgehead atoms. The van der Waals surface area contributed by atoms with Crippen LogP contribution in [0.15, 0.2) is 83.7 Å². The van der Waals surface area contributed by atoms with Crippen LogP contribution in [0.4, 0.5) is 5.69 Å². The van der Waals surface area contributed by atoms with Crippen LogP contribution in [0.1, 0.15) is 19.8 Å². The smallest absolute Gasteiger partial charge is 0.266 e. The molecule has 4 rings (SSSR count). The maximum atomic E-state index is 12.5. The second-order valence-electron chi connectivity index (χ2n) is 7.42. The fourth-order valence-corrected chi connectivity index (χ4v) is 3.59. The zero-order valence-corrected chi connectivity index (χ0v) is 18.0. The summed E-state index contributed by atoms with van der Waals surface area (Å²) >= 11 is 0. The van der Waals surface area contributed by atoms with Gasteiger partial charge in [0, 0.05) is 35.7 Å². The highest BCUT2D eigenvalue weighted by Crippen LogP contribution is 2.23. The van der Waals surface area contributed by atoms with Crippen molar-refractivity contribution in [1.29, 1.82) is 0 Å². The molecule has 162 valence electrons. The lowest BCUT2D eigenvalue weighted by Gasteiger charge is -2.10. The van der Waals surface area contributed by atoms with Gasteiger partial charge in [-0.05, 0) is 55.1 Å². The summed E-state index contributed by atoms with van der Waals surface area (Å²) in [6.45, 7) is 2.91. The first-order valence-corrected chi connectivity index (χ1v) is 10.7. The quantitative estimate of drug-likeness (QED) is 0.435. The van der Waals surface area contributed by atoms with Gasteiger partial charge in [0.2, 0.25) is 5.91 Å². The number of aryl methyl sites for hydroxylation is 1. The number of ether oxygens (including phenoxy) is 1. The van der Waals surface area contributed by atoms with Crippen molar-refractivity contribution in [2.24, 2.45) is 0 Å². The normalized spacial score (nSPS) is 10.8. The predicted molar refractivity (Wildman–Crippen MR) is 127 cm³/mol. The molecule has 0 unspecified atom stereocenters. The number of hydrogen-bond acceptors (Lipinski definition) is 4. The van der Waals surface area contributed by atoms with Crippen molar-refractivity contribution < 1.29 is 9.53 Å². The average molecular weight is 428 g/mol. The van der Waals surface area contributed by atoms with Gasteiger partial charge in [-0.1, -0.05) is 36.4 Å². The Morgan fingerprint density at radius 2 is 1.75 bits per heavy atom. The Kier molecular flexibility index (Phi) is 6.60. The molecule has 4 aromatic rings. The zero-order chi connectivity index (χ0) is 22.3. The van der Waals surface area contributed by atoms with Gasteiger partial charge >= 0.3 is 0 Å². The van der Waals surface area contributed by atoms with Crippen molar-refractivity contribution >= 4 is 22.4 Å². The van der Waals surface area contributed by atoms with Crippen LogP contribution in [0.3, 0.4) is 0 Å². The molecule has 32 heavy (non-hydrogen) atoms. The van der Waals surface area contributed by atoms with E-state index in [0.717, 1.165) is 27.8 Å². The molecule has 1 N–H and O–H groups in total. The van der Waals surface area contributed by atoms with E-state index in [1.54, 1.807) is 6.07 Å². The molecular formula is C26H25N3O3. The minimum atomic E-state index is -0.186. The summed E-state index contributed by atoms with van der Waals surface area (Å²) in [4.78, 5) is 24.7. The third kappa shape index (κ3) is 5.03. The molecule has 0 saturated heterocycles. The van der Waals surface area contributed by atoms with E-state index in [-0.39, 0.29) is 11.5 Å². The van der Waals surface area contributed by atoms with Crippen molar-refractivity contribution in [3.63, 3.8) is 0 Å². The number of benzene rings is 3. The van der Waals surface area contributed by atoms with E-state index in [1.807, 2.05) is 73.7 Å². The number of carbonyl (C=O) groups excluding carboxylic acids is 1. The molecular weight excluding hydrogens is 402 g/mol. The number of nitrogens with one attached hydrogen (secondary N) is 1. The van der Waals surface area contributed by atoms with Gasteiger partial charge < -0.3 is 10.1 Å². The predicted octanol–water partition coefficient (Wildman–Crippen LogP) is 4.88. The van der Waals surface area contributed by atoms with Crippen LogP contribution < -0.4 is 15.6 Å². The Balaban J connectivity index is 1.38. The molecule has 6 nitrogen and oxygen atoms in total. The van der Waals surface area contributed by atoms with Gasteiger partial charge in [-0.2, -0.15) is 5.10 Å². The first-order valence-electron chi connectivity index (χ1n) is 10.7. The molecule has 6 heteroatoms. The van der Waals surface area contributed by atoms with Crippen molar-refractivity contribution in [2.45, 2.75) is 26.3 Å². The van der Waals surface area contributed by atoms with Crippen LogP contribution in [0, 0.1) is 0 Å². The average Bonchev–Trinajstić information content (AvgIpc) is 2.81. The molecule has 0 saturated carbocycles. The molecule has 0 spiro atoms. The first kappa shape index (κ1) is 21.3. The highest BCUT2D eigenvalue weighted by molar-refractivity contribution is 6.02. The van der Waals surface area contributed by atoms with Crippen LogP contribution in [0.5, 0.6) is 5.75 Å². The molecule has 3 aromatic carbocycles. The lowest BCUT2D eigenvalue weighted by Crippen LogP contribution is -2.23. The van der Waals surface area contributed by atoms with Crippen molar-refractivity contribution in [2.75, 3.05) is 11.9 Å². The van der Waals surface area contributed by atoms with E-state index in [0.29, 0.717) is 31.7 Å². The lowest BCUT2D eigenvalue weighted by atomic mass is 10.1. The number of rotatable bonds is 8. The Hall–Kier alpha value is -3.93. The summed E-state index contributed by atoms with van der Waals surface area (Å²) in [5.74, 6) is 0.707. The van der Waals surface area contributed by atoms with E-state index < -0.39 is 0 Å². The topological polar surface area (TPSA) is 73.2 Å². The molecule has 0 aliphatic carbocycles. The summed E-state index contributed by atoms with van der Waals surface area (Å²) in [5.41, 5.74) is 2.21. The van der Waals surface area contributed by atoms with Gasteiger partial charge in [0.15, 0.2) is 0 Å².